The molecule has 3 heterocycles. The van der Waals surface area contributed by atoms with E-state index >= 15 is 0 Å². The predicted molar refractivity (Wildman–Crippen MR) is 139 cm³/mol. The normalized spacial score (nSPS) is 21.9. The molecule has 0 radical (unpaired) electrons. The van der Waals surface area contributed by atoms with Crippen LogP contribution < -0.4 is 10.6 Å². The summed E-state index contributed by atoms with van der Waals surface area (Å²) < 4.78 is 27.9. The number of unbranched alkanes of at least 4 members (excludes halogenated alkanes) is 1. The van der Waals surface area contributed by atoms with Crippen LogP contribution in [-0.2, 0) is 22.6 Å². The highest BCUT2D eigenvalue weighted by Crippen LogP contribution is 2.21. The van der Waals surface area contributed by atoms with Crippen LogP contribution in [0.5, 0.6) is 0 Å². The molecule has 8 nitrogen and oxygen atoms in total. The third-order valence-corrected chi connectivity index (χ3v) is 7.32. The van der Waals surface area contributed by atoms with E-state index in [0.717, 1.165) is 31.0 Å². The van der Waals surface area contributed by atoms with Gasteiger partial charge in [0, 0.05) is 70.2 Å². The predicted octanol–water partition coefficient (Wildman–Crippen LogP) is 1.87. The molecule has 1 aromatic carbocycles. The van der Waals surface area contributed by atoms with Gasteiger partial charge in [0.2, 0.25) is 11.8 Å². The van der Waals surface area contributed by atoms with Crippen molar-refractivity contribution in [2.24, 2.45) is 5.92 Å². The quantitative estimate of drug-likeness (QED) is 0.411. The van der Waals surface area contributed by atoms with Gasteiger partial charge in [-0.05, 0) is 42.2 Å². The van der Waals surface area contributed by atoms with Crippen LogP contribution in [0.2, 0.25) is 0 Å². The van der Waals surface area contributed by atoms with E-state index in [4.69, 9.17) is 0 Å². The van der Waals surface area contributed by atoms with Crippen LogP contribution in [0.3, 0.4) is 0 Å². The molecule has 2 fully saturated rings. The molecule has 4 rings (SSSR count). The van der Waals surface area contributed by atoms with Crippen molar-refractivity contribution in [1.29, 1.82) is 0 Å². The van der Waals surface area contributed by atoms with Gasteiger partial charge in [0.15, 0.2) is 0 Å². The molecule has 0 saturated carbocycles. The monoisotopic (exact) mass is 529 g/mol. The van der Waals surface area contributed by atoms with Crippen LogP contribution in [0.1, 0.15) is 37.3 Å². The Bertz CT molecular complexity index is 1070. The molecule has 0 bridgehead atoms. The lowest BCUT2D eigenvalue weighted by Gasteiger charge is -2.39. The van der Waals surface area contributed by atoms with Crippen molar-refractivity contribution in [2.45, 2.75) is 57.3 Å². The highest BCUT2D eigenvalue weighted by atomic mass is 19.1. The maximum Gasteiger partial charge on any atom is 0.225 e. The number of carbonyl (C=O) groups excluding carboxylic acids is 2. The van der Waals surface area contributed by atoms with E-state index in [-0.39, 0.29) is 30.7 Å². The fraction of sp³-hybridized carbons (Fsp3) is 0.536. The molecule has 4 atom stereocenters. The molecule has 3 N–H and O–H groups in total. The van der Waals surface area contributed by atoms with Crippen molar-refractivity contribution in [3.05, 3.63) is 65.5 Å². The Hall–Kier alpha value is -2.95. The van der Waals surface area contributed by atoms with E-state index in [2.05, 4.69) is 20.5 Å². The summed E-state index contributed by atoms with van der Waals surface area (Å²) in [5.74, 6) is -2.35. The third kappa shape index (κ3) is 7.55. The average Bonchev–Trinajstić information content (AvgIpc) is 3.27. The highest BCUT2D eigenvalue weighted by Gasteiger charge is 2.37. The molecule has 0 aliphatic carbocycles. The standard InChI is InChI=1S/C28H37F2N5O3/c1-2-3-8-35-17-21(13-26(35)36)28(38)33-24(12-20-10-22(29)14-23(30)11-20)27(37)25-18-34(9-7-32-25)16-19-5-4-6-31-15-19/h4-6,10-11,14-15,21,24-25,27,32,37H,2-3,7-9,12-13,16-18H2,1H3,(H,33,38)/t21?,24-,25+,27-/m0/s1. The molecule has 1 aromatic heterocycles. The number of halogens is 2. The van der Waals surface area contributed by atoms with Crippen molar-refractivity contribution in [2.75, 3.05) is 32.7 Å². The van der Waals surface area contributed by atoms with Crippen LogP contribution in [0.25, 0.3) is 0 Å². The van der Waals surface area contributed by atoms with Gasteiger partial charge in [-0.3, -0.25) is 19.5 Å². The van der Waals surface area contributed by atoms with Gasteiger partial charge in [-0.1, -0.05) is 19.4 Å². The second-order valence-electron chi connectivity index (χ2n) is 10.3. The summed E-state index contributed by atoms with van der Waals surface area (Å²) >= 11 is 0. The van der Waals surface area contributed by atoms with E-state index in [0.29, 0.717) is 38.3 Å². The molecular formula is C28H37F2N5O3. The number of hydrogen-bond acceptors (Lipinski definition) is 6. The number of aliphatic hydroxyl groups is 1. The van der Waals surface area contributed by atoms with Crippen LogP contribution in [0.15, 0.2) is 42.7 Å². The van der Waals surface area contributed by atoms with Gasteiger partial charge in [-0.2, -0.15) is 0 Å². The van der Waals surface area contributed by atoms with Gasteiger partial charge >= 0.3 is 0 Å². The molecule has 2 aliphatic heterocycles. The number of hydrogen-bond donors (Lipinski definition) is 3. The van der Waals surface area contributed by atoms with Crippen molar-refractivity contribution < 1.29 is 23.5 Å². The van der Waals surface area contributed by atoms with E-state index in [1.807, 2.05) is 25.3 Å². The lowest BCUT2D eigenvalue weighted by molar-refractivity contribution is -0.129. The smallest absolute Gasteiger partial charge is 0.225 e. The Balaban J connectivity index is 1.46. The maximum atomic E-state index is 13.9. The fourth-order valence-corrected chi connectivity index (χ4v) is 5.30. The second kappa shape index (κ2) is 13.2. The number of aliphatic hydroxyl groups excluding tert-OH is 1. The van der Waals surface area contributed by atoms with Gasteiger partial charge in [-0.15, -0.1) is 0 Å². The zero-order chi connectivity index (χ0) is 27.1. The van der Waals surface area contributed by atoms with Crippen molar-refractivity contribution in [1.82, 2.24) is 25.4 Å². The number of nitrogens with zero attached hydrogens (tertiary/aromatic N) is 3. The van der Waals surface area contributed by atoms with Gasteiger partial charge in [0.05, 0.1) is 18.1 Å². The van der Waals surface area contributed by atoms with Crippen LogP contribution in [-0.4, -0.2) is 82.6 Å². The van der Waals surface area contributed by atoms with Gasteiger partial charge in [-0.25, -0.2) is 8.78 Å². The molecule has 2 amide bonds. The van der Waals surface area contributed by atoms with Crippen LogP contribution in [0, 0.1) is 17.6 Å². The number of benzene rings is 1. The van der Waals surface area contributed by atoms with Crippen LogP contribution in [0.4, 0.5) is 8.78 Å². The Morgan fingerprint density at radius 3 is 2.74 bits per heavy atom. The van der Waals surface area contributed by atoms with E-state index in [1.54, 1.807) is 11.1 Å². The molecule has 1 unspecified atom stereocenters. The van der Waals surface area contributed by atoms with Crippen molar-refractivity contribution >= 4 is 11.8 Å². The molecule has 2 aromatic rings. The second-order valence-corrected chi connectivity index (χ2v) is 10.3. The van der Waals surface area contributed by atoms with Crippen molar-refractivity contribution in [3.8, 4) is 0 Å². The summed E-state index contributed by atoms with van der Waals surface area (Å²) in [6.07, 6.45) is 4.48. The average molecular weight is 530 g/mol. The first-order chi connectivity index (χ1) is 18.3. The fourth-order valence-electron chi connectivity index (χ4n) is 5.30. The van der Waals surface area contributed by atoms with Crippen LogP contribution >= 0.6 is 0 Å². The maximum absolute atomic E-state index is 13.9. The Kier molecular flexibility index (Phi) is 9.76. The molecule has 10 heteroatoms. The molecular weight excluding hydrogens is 492 g/mol. The molecule has 206 valence electrons. The zero-order valence-electron chi connectivity index (χ0n) is 21.8. The number of amides is 2. The highest BCUT2D eigenvalue weighted by molar-refractivity contribution is 5.89. The minimum atomic E-state index is -1.03. The molecule has 2 aliphatic rings. The molecule has 2 saturated heterocycles. The van der Waals surface area contributed by atoms with Gasteiger partial charge < -0.3 is 20.6 Å². The zero-order valence-corrected chi connectivity index (χ0v) is 21.8. The van der Waals surface area contributed by atoms with Crippen molar-refractivity contribution in [3.63, 3.8) is 0 Å². The third-order valence-electron chi connectivity index (χ3n) is 7.32. The largest absolute Gasteiger partial charge is 0.389 e. The number of rotatable bonds is 11. The summed E-state index contributed by atoms with van der Waals surface area (Å²) in [6, 6.07) is 5.91. The first kappa shape index (κ1) is 28.1. The summed E-state index contributed by atoms with van der Waals surface area (Å²) in [4.78, 5) is 33.7. The molecule has 0 spiro atoms. The summed E-state index contributed by atoms with van der Waals surface area (Å²) in [5.41, 5.74) is 1.39. The number of pyridine rings is 1. The van der Waals surface area contributed by atoms with Gasteiger partial charge in [0.1, 0.15) is 11.6 Å². The number of nitrogens with one attached hydrogen (secondary N) is 2. The lowest BCUT2D eigenvalue weighted by Crippen LogP contribution is -2.61. The summed E-state index contributed by atoms with van der Waals surface area (Å²) in [7, 11) is 0. The number of carbonyl (C=O) groups is 2. The number of piperazine rings is 1. The topological polar surface area (TPSA) is 97.8 Å². The number of aromatic nitrogens is 1. The Morgan fingerprint density at radius 2 is 2.03 bits per heavy atom. The lowest BCUT2D eigenvalue weighted by atomic mass is 9.94. The minimum absolute atomic E-state index is 0.0442. The Labute approximate surface area is 222 Å². The summed E-state index contributed by atoms with van der Waals surface area (Å²) in [6.45, 7) is 5.61. The van der Waals surface area contributed by atoms with Gasteiger partial charge in [0.25, 0.3) is 0 Å². The van der Waals surface area contributed by atoms with E-state index in [9.17, 15) is 23.5 Å². The summed E-state index contributed by atoms with van der Waals surface area (Å²) in [5, 5.41) is 17.7. The Morgan fingerprint density at radius 1 is 1.24 bits per heavy atom. The number of likely N-dealkylation sites (tertiary alicyclic amines) is 1. The molecule has 38 heavy (non-hydrogen) atoms. The van der Waals surface area contributed by atoms with E-state index in [1.165, 1.54) is 12.1 Å². The first-order valence-electron chi connectivity index (χ1n) is 13.4. The van der Waals surface area contributed by atoms with E-state index < -0.39 is 29.7 Å². The minimum Gasteiger partial charge on any atom is -0.389 e. The SMILES string of the molecule is CCCCN1CC(C(=O)N[C@@H](Cc2cc(F)cc(F)c2)[C@H](O)[C@H]2CN(Cc3cccnc3)CCN2)CC1=O. The first-order valence-corrected chi connectivity index (χ1v) is 13.4.